The van der Waals surface area contributed by atoms with Gasteiger partial charge in [-0.05, 0) is 51.2 Å². The zero-order chi connectivity index (χ0) is 16.6. The van der Waals surface area contributed by atoms with Crippen LogP contribution in [-0.2, 0) is 12.1 Å². The first-order chi connectivity index (χ1) is 10.8. The van der Waals surface area contributed by atoms with Crippen LogP contribution in [0.1, 0.15) is 55.2 Å². The minimum absolute atomic E-state index is 0.0307. The lowest BCUT2D eigenvalue weighted by molar-refractivity contribution is 0.206. The lowest BCUT2D eigenvalue weighted by Gasteiger charge is -2.27. The summed E-state index contributed by atoms with van der Waals surface area (Å²) in [4.78, 5) is 12.2. The molecule has 1 aromatic heterocycles. The minimum Gasteiger partial charge on any atom is -0.368 e. The fourth-order valence-electron chi connectivity index (χ4n) is 2.97. The van der Waals surface area contributed by atoms with Gasteiger partial charge >= 0.3 is 0 Å². The number of nitrogens with two attached hydrogens (primary N) is 1. The number of fused-ring (bicyclic) bond motifs is 1. The number of nitrogens with zero attached hydrogens (tertiary/aromatic N) is 3. The first-order valence-corrected chi connectivity index (χ1v) is 7.90. The van der Waals surface area contributed by atoms with Crippen molar-refractivity contribution in [3.05, 3.63) is 40.7 Å². The highest BCUT2D eigenvalue weighted by Gasteiger charge is 2.26. The number of nitrogen functional groups attached to an aromatic ring is 1. The average Bonchev–Trinajstić information content (AvgIpc) is 2.45. The van der Waals surface area contributed by atoms with E-state index in [1.807, 2.05) is 0 Å². The summed E-state index contributed by atoms with van der Waals surface area (Å²) >= 11 is 0. The van der Waals surface area contributed by atoms with Crippen LogP contribution in [0.3, 0.4) is 0 Å². The third kappa shape index (κ3) is 3.41. The van der Waals surface area contributed by atoms with Gasteiger partial charge in [0.25, 0.3) is 0 Å². The number of hydrogen-bond acceptors (Lipinski definition) is 5. The Balaban J connectivity index is 1.91. The number of hydrogen-bond donors (Lipinski definition) is 2. The van der Waals surface area contributed by atoms with Crippen molar-refractivity contribution in [3.63, 3.8) is 0 Å². The molecule has 1 aliphatic carbocycles. The molecule has 1 aromatic carbocycles. The number of aromatic nitrogens is 3. The van der Waals surface area contributed by atoms with E-state index in [-0.39, 0.29) is 17.8 Å². The van der Waals surface area contributed by atoms with Crippen molar-refractivity contribution in [2.24, 2.45) is 0 Å². The maximum Gasteiger partial charge on any atom is 0.228 e. The van der Waals surface area contributed by atoms with Crippen LogP contribution in [0.2, 0.25) is 0 Å². The Morgan fingerprint density at radius 3 is 2.78 bits per heavy atom. The van der Waals surface area contributed by atoms with E-state index in [0.29, 0.717) is 5.95 Å². The molecule has 0 spiro atoms. The summed E-state index contributed by atoms with van der Waals surface area (Å²) in [6.45, 7) is 4.91. The van der Waals surface area contributed by atoms with Crippen LogP contribution < -0.4 is 11.1 Å². The van der Waals surface area contributed by atoms with Gasteiger partial charge in [-0.1, -0.05) is 23.8 Å². The summed E-state index contributed by atoms with van der Waals surface area (Å²) < 4.78 is 14.1. The Morgan fingerprint density at radius 2 is 2.04 bits per heavy atom. The summed E-state index contributed by atoms with van der Waals surface area (Å²) in [6, 6.07) is 6.58. The molecule has 6 heteroatoms. The molecule has 0 bridgehead atoms. The third-order valence-electron chi connectivity index (χ3n) is 4.10. The van der Waals surface area contributed by atoms with Crippen LogP contribution in [0.15, 0.2) is 18.2 Å². The molecule has 1 heterocycles. The highest BCUT2D eigenvalue weighted by atomic mass is 19.1. The number of anilines is 2. The van der Waals surface area contributed by atoms with Gasteiger partial charge in [0.2, 0.25) is 11.9 Å². The Kier molecular flexibility index (Phi) is 3.92. The van der Waals surface area contributed by atoms with E-state index in [1.54, 1.807) is 0 Å². The number of benzene rings is 1. The lowest BCUT2D eigenvalue weighted by Crippen LogP contribution is -2.22. The van der Waals surface area contributed by atoms with Crippen LogP contribution >= 0.6 is 0 Å². The van der Waals surface area contributed by atoms with Gasteiger partial charge in [0.15, 0.2) is 11.5 Å². The van der Waals surface area contributed by atoms with Crippen molar-refractivity contribution < 1.29 is 4.39 Å². The molecule has 3 N–H and O–H groups in total. The third-order valence-corrected chi connectivity index (χ3v) is 4.10. The van der Waals surface area contributed by atoms with Crippen LogP contribution in [0, 0.1) is 6.92 Å². The van der Waals surface area contributed by atoms with Crippen molar-refractivity contribution in [2.75, 3.05) is 11.1 Å². The minimum atomic E-state index is -1.66. The Labute approximate surface area is 135 Å². The van der Waals surface area contributed by atoms with Gasteiger partial charge in [-0.15, -0.1) is 0 Å². The van der Waals surface area contributed by atoms with Crippen LogP contribution in [0.25, 0.3) is 0 Å². The van der Waals surface area contributed by atoms with Gasteiger partial charge in [-0.2, -0.15) is 15.0 Å². The topological polar surface area (TPSA) is 76.7 Å². The van der Waals surface area contributed by atoms with E-state index < -0.39 is 5.67 Å². The second-order valence-electron chi connectivity index (χ2n) is 6.60. The first kappa shape index (κ1) is 15.6. The zero-order valence-electron chi connectivity index (χ0n) is 13.7. The van der Waals surface area contributed by atoms with Crippen molar-refractivity contribution in [3.8, 4) is 0 Å². The summed E-state index contributed by atoms with van der Waals surface area (Å²) in [7, 11) is 0. The quantitative estimate of drug-likeness (QED) is 0.907. The normalized spacial score (nSPS) is 17.7. The largest absolute Gasteiger partial charge is 0.368 e. The molecule has 23 heavy (non-hydrogen) atoms. The molecule has 2 aromatic rings. The van der Waals surface area contributed by atoms with E-state index in [9.17, 15) is 4.39 Å². The smallest absolute Gasteiger partial charge is 0.228 e. The van der Waals surface area contributed by atoms with Gasteiger partial charge < -0.3 is 11.1 Å². The van der Waals surface area contributed by atoms with Gasteiger partial charge in [-0.25, -0.2) is 4.39 Å². The maximum atomic E-state index is 14.1. The van der Waals surface area contributed by atoms with Crippen LogP contribution in [0.4, 0.5) is 16.3 Å². The Hall–Kier alpha value is -2.24. The van der Waals surface area contributed by atoms with E-state index >= 15 is 0 Å². The van der Waals surface area contributed by atoms with Gasteiger partial charge in [-0.3, -0.25) is 0 Å². The average molecular weight is 315 g/mol. The number of halogens is 1. The Morgan fingerprint density at radius 1 is 1.26 bits per heavy atom. The number of alkyl halides is 1. The number of nitrogens with one attached hydrogen (secondary N) is 1. The molecule has 5 nitrogen and oxygen atoms in total. The highest BCUT2D eigenvalue weighted by molar-refractivity contribution is 5.41. The van der Waals surface area contributed by atoms with E-state index in [2.05, 4.69) is 45.4 Å². The molecule has 0 radical (unpaired) electrons. The maximum absolute atomic E-state index is 14.1. The standard InChI is InChI=1S/C17H22FN5/c1-10-7-8-12-11(9-10)5-4-6-13(12)20-16-22-14(17(2,3)18)21-15(19)23-16/h7-9,13H,4-6H2,1-3H3,(H3,19,20,21,22,23)/t13-/m0/s1. The molecule has 1 atom stereocenters. The monoisotopic (exact) mass is 315 g/mol. The highest BCUT2D eigenvalue weighted by Crippen LogP contribution is 2.33. The van der Waals surface area contributed by atoms with E-state index in [1.165, 1.54) is 30.5 Å². The first-order valence-electron chi connectivity index (χ1n) is 7.90. The summed E-state index contributed by atoms with van der Waals surface area (Å²) in [5.41, 5.74) is 7.91. The molecule has 0 saturated heterocycles. The molecule has 1 aliphatic rings. The number of aryl methyl sites for hydroxylation is 2. The fourth-order valence-corrected chi connectivity index (χ4v) is 2.97. The van der Waals surface area contributed by atoms with Crippen LogP contribution in [0.5, 0.6) is 0 Å². The molecule has 122 valence electrons. The van der Waals surface area contributed by atoms with E-state index in [0.717, 1.165) is 19.3 Å². The Bertz CT molecular complexity index is 723. The predicted molar refractivity (Wildman–Crippen MR) is 88.9 cm³/mol. The molecule has 0 fully saturated rings. The molecule has 0 unspecified atom stereocenters. The van der Waals surface area contributed by atoms with Gasteiger partial charge in [0.05, 0.1) is 6.04 Å². The molecular weight excluding hydrogens is 293 g/mol. The predicted octanol–water partition coefficient (Wildman–Crippen LogP) is 3.46. The van der Waals surface area contributed by atoms with Crippen molar-refractivity contribution in [1.82, 2.24) is 15.0 Å². The SMILES string of the molecule is Cc1ccc2c(c1)CCC[C@@H]2Nc1nc(N)nc(C(C)(C)F)n1. The lowest BCUT2D eigenvalue weighted by atomic mass is 9.87. The van der Waals surface area contributed by atoms with Crippen molar-refractivity contribution in [2.45, 2.75) is 51.7 Å². The molecule has 0 saturated carbocycles. The van der Waals surface area contributed by atoms with Gasteiger partial charge in [0, 0.05) is 0 Å². The summed E-state index contributed by atoms with van der Waals surface area (Å²) in [6.07, 6.45) is 3.16. The number of rotatable bonds is 3. The van der Waals surface area contributed by atoms with Crippen LogP contribution in [-0.4, -0.2) is 15.0 Å². The zero-order valence-corrected chi connectivity index (χ0v) is 13.7. The molecule has 0 aliphatic heterocycles. The molecule has 0 amide bonds. The second kappa shape index (κ2) is 5.76. The van der Waals surface area contributed by atoms with Crippen molar-refractivity contribution >= 4 is 11.9 Å². The summed E-state index contributed by atoms with van der Waals surface area (Å²) in [5.74, 6) is 0.409. The fraction of sp³-hybridized carbons (Fsp3) is 0.471. The van der Waals surface area contributed by atoms with Gasteiger partial charge in [0.1, 0.15) is 0 Å². The second-order valence-corrected chi connectivity index (χ2v) is 6.60. The van der Waals surface area contributed by atoms with Crippen molar-refractivity contribution in [1.29, 1.82) is 0 Å². The molecular formula is C17H22FN5. The summed E-state index contributed by atoms with van der Waals surface area (Å²) in [5, 5.41) is 3.30. The van der Waals surface area contributed by atoms with E-state index in [4.69, 9.17) is 5.73 Å². The molecule has 3 rings (SSSR count).